The van der Waals surface area contributed by atoms with Crippen LogP contribution in [0.3, 0.4) is 0 Å². The molecular weight excluding hydrogens is 276 g/mol. The van der Waals surface area contributed by atoms with Crippen LogP contribution in [-0.2, 0) is 4.79 Å². The number of carbonyl (C=O) groups is 1. The van der Waals surface area contributed by atoms with Crippen molar-refractivity contribution < 1.29 is 4.79 Å². The molecule has 0 aliphatic carbocycles. The van der Waals surface area contributed by atoms with Gasteiger partial charge in [0.15, 0.2) is 0 Å². The lowest BCUT2D eigenvalue weighted by Crippen LogP contribution is -2.26. The Labute approximate surface area is 123 Å². The Balaban J connectivity index is 2.09. The maximum atomic E-state index is 10.8. The number of aromatic nitrogens is 2. The quantitative estimate of drug-likeness (QED) is 0.859. The molecule has 6 heteroatoms. The van der Waals surface area contributed by atoms with Gasteiger partial charge in [-0.25, -0.2) is 9.97 Å². The smallest absolute Gasteiger partial charge is 0.216 e. The predicted molar refractivity (Wildman–Crippen MR) is 81.1 cm³/mol. The van der Waals surface area contributed by atoms with Crippen LogP contribution >= 0.6 is 11.6 Å². The van der Waals surface area contributed by atoms with Crippen LogP contribution in [-0.4, -0.2) is 36.0 Å². The van der Waals surface area contributed by atoms with Crippen molar-refractivity contribution in [3.8, 4) is 0 Å². The molecule has 1 amide bonds. The lowest BCUT2D eigenvalue weighted by molar-refractivity contribution is -0.118. The number of anilines is 1. The van der Waals surface area contributed by atoms with Crippen LogP contribution in [0.1, 0.15) is 13.3 Å². The number of fused-ring (bicyclic) bond motifs is 1. The molecule has 0 radical (unpaired) electrons. The monoisotopic (exact) mass is 292 g/mol. The van der Waals surface area contributed by atoms with Gasteiger partial charge in [-0.3, -0.25) is 4.79 Å². The maximum Gasteiger partial charge on any atom is 0.216 e. The molecule has 0 saturated heterocycles. The Morgan fingerprint density at radius 2 is 2.20 bits per heavy atom. The van der Waals surface area contributed by atoms with E-state index in [-0.39, 0.29) is 5.91 Å². The van der Waals surface area contributed by atoms with Crippen molar-refractivity contribution in [1.29, 1.82) is 0 Å². The summed E-state index contributed by atoms with van der Waals surface area (Å²) >= 11 is 5.97. The van der Waals surface area contributed by atoms with Crippen LogP contribution in [0.5, 0.6) is 0 Å². The number of benzene rings is 1. The topological polar surface area (TPSA) is 58.1 Å². The van der Waals surface area contributed by atoms with Gasteiger partial charge in [-0.15, -0.1) is 0 Å². The first-order valence-electron chi connectivity index (χ1n) is 6.44. The van der Waals surface area contributed by atoms with E-state index in [1.165, 1.54) is 13.3 Å². The van der Waals surface area contributed by atoms with Crippen molar-refractivity contribution in [2.45, 2.75) is 13.3 Å². The number of hydrogen-bond donors (Lipinski definition) is 1. The molecule has 1 aromatic heterocycles. The van der Waals surface area contributed by atoms with Gasteiger partial charge in [0.1, 0.15) is 12.1 Å². The normalized spacial score (nSPS) is 10.6. The van der Waals surface area contributed by atoms with Crippen LogP contribution in [0, 0.1) is 0 Å². The molecule has 0 aliphatic heterocycles. The Morgan fingerprint density at radius 3 is 2.95 bits per heavy atom. The minimum absolute atomic E-state index is 0.00483. The minimum atomic E-state index is -0.00483. The van der Waals surface area contributed by atoms with Gasteiger partial charge in [-0.1, -0.05) is 11.6 Å². The third-order valence-electron chi connectivity index (χ3n) is 2.98. The maximum absolute atomic E-state index is 10.8. The lowest BCUT2D eigenvalue weighted by atomic mass is 10.2. The molecule has 0 saturated carbocycles. The molecule has 0 spiro atoms. The van der Waals surface area contributed by atoms with Crippen LogP contribution in [0.15, 0.2) is 24.5 Å². The zero-order chi connectivity index (χ0) is 14.5. The fourth-order valence-electron chi connectivity index (χ4n) is 2.01. The van der Waals surface area contributed by atoms with Crippen LogP contribution in [0.25, 0.3) is 10.9 Å². The summed E-state index contributed by atoms with van der Waals surface area (Å²) in [5.41, 5.74) is 0.830. The van der Waals surface area contributed by atoms with Crippen molar-refractivity contribution in [2.24, 2.45) is 0 Å². The first-order valence-corrected chi connectivity index (χ1v) is 6.81. The van der Waals surface area contributed by atoms with E-state index in [1.54, 1.807) is 0 Å². The van der Waals surface area contributed by atoms with Crippen molar-refractivity contribution >= 4 is 34.2 Å². The van der Waals surface area contributed by atoms with Gasteiger partial charge in [0.25, 0.3) is 0 Å². The molecule has 0 aliphatic rings. The summed E-state index contributed by atoms with van der Waals surface area (Å²) in [6.45, 7) is 2.98. The van der Waals surface area contributed by atoms with E-state index in [9.17, 15) is 4.79 Å². The second kappa shape index (κ2) is 6.52. The average molecular weight is 293 g/mol. The second-order valence-corrected chi connectivity index (χ2v) is 5.05. The minimum Gasteiger partial charge on any atom is -0.359 e. The van der Waals surface area contributed by atoms with Gasteiger partial charge in [0, 0.05) is 37.5 Å². The Hall–Kier alpha value is -1.88. The van der Waals surface area contributed by atoms with E-state index >= 15 is 0 Å². The molecule has 0 atom stereocenters. The van der Waals surface area contributed by atoms with Gasteiger partial charge in [0.05, 0.1) is 5.52 Å². The van der Waals surface area contributed by atoms with Gasteiger partial charge >= 0.3 is 0 Å². The Bertz CT molecular complexity index is 617. The van der Waals surface area contributed by atoms with Gasteiger partial charge in [0.2, 0.25) is 5.91 Å². The fraction of sp³-hybridized carbons (Fsp3) is 0.357. The highest BCUT2D eigenvalue weighted by Gasteiger charge is 2.08. The van der Waals surface area contributed by atoms with Gasteiger partial charge in [-0.2, -0.15) is 0 Å². The SMILES string of the molecule is CC(=O)NCCCN(C)c1ncnc2cc(Cl)ccc12. The third-order valence-corrected chi connectivity index (χ3v) is 3.22. The van der Waals surface area contributed by atoms with E-state index in [1.807, 2.05) is 25.2 Å². The number of hydrogen-bond acceptors (Lipinski definition) is 4. The van der Waals surface area contributed by atoms with Crippen molar-refractivity contribution in [2.75, 3.05) is 25.0 Å². The second-order valence-electron chi connectivity index (χ2n) is 4.62. The number of carbonyl (C=O) groups excluding carboxylic acids is 1. The molecule has 0 fully saturated rings. The number of nitrogens with zero attached hydrogens (tertiary/aromatic N) is 3. The summed E-state index contributed by atoms with van der Waals surface area (Å²) < 4.78 is 0. The predicted octanol–water partition coefficient (Wildman–Crippen LogP) is 2.25. The summed E-state index contributed by atoms with van der Waals surface area (Å²) in [5.74, 6) is 0.865. The molecule has 1 N–H and O–H groups in total. The molecule has 0 unspecified atom stereocenters. The first kappa shape index (κ1) is 14.5. The molecule has 1 aromatic carbocycles. The van der Waals surface area contributed by atoms with Crippen molar-refractivity contribution in [3.05, 3.63) is 29.5 Å². The van der Waals surface area contributed by atoms with Crippen molar-refractivity contribution in [1.82, 2.24) is 15.3 Å². The van der Waals surface area contributed by atoms with E-state index < -0.39 is 0 Å². The molecule has 2 rings (SSSR count). The average Bonchev–Trinajstić information content (AvgIpc) is 2.42. The van der Waals surface area contributed by atoms with Gasteiger partial charge < -0.3 is 10.2 Å². The third kappa shape index (κ3) is 3.57. The Kier molecular flexibility index (Phi) is 4.74. The molecule has 106 valence electrons. The standard InChI is InChI=1S/C14H17ClN4O/c1-10(20)16-6-3-7-19(2)14-12-5-4-11(15)8-13(12)17-9-18-14/h4-5,8-9H,3,6-7H2,1-2H3,(H,16,20). The number of nitrogens with one attached hydrogen (secondary N) is 1. The zero-order valence-electron chi connectivity index (χ0n) is 11.6. The highest BCUT2D eigenvalue weighted by atomic mass is 35.5. The largest absolute Gasteiger partial charge is 0.359 e. The van der Waals surface area contributed by atoms with E-state index in [0.717, 1.165) is 29.7 Å². The lowest BCUT2D eigenvalue weighted by Gasteiger charge is -2.19. The van der Waals surface area contributed by atoms with Crippen molar-refractivity contribution in [3.63, 3.8) is 0 Å². The highest BCUT2D eigenvalue weighted by molar-refractivity contribution is 6.31. The first-order chi connectivity index (χ1) is 9.58. The van der Waals surface area contributed by atoms with Crippen LogP contribution < -0.4 is 10.2 Å². The number of rotatable bonds is 5. The highest BCUT2D eigenvalue weighted by Crippen LogP contribution is 2.24. The van der Waals surface area contributed by atoms with E-state index in [2.05, 4.69) is 20.2 Å². The summed E-state index contributed by atoms with van der Waals surface area (Å²) in [6, 6.07) is 5.59. The number of halogens is 1. The van der Waals surface area contributed by atoms with Crippen LogP contribution in [0.4, 0.5) is 5.82 Å². The molecule has 5 nitrogen and oxygen atoms in total. The summed E-state index contributed by atoms with van der Waals surface area (Å²) in [4.78, 5) is 21.4. The molecule has 1 heterocycles. The van der Waals surface area contributed by atoms with E-state index in [4.69, 9.17) is 11.6 Å². The molecule has 2 aromatic rings. The summed E-state index contributed by atoms with van der Waals surface area (Å²) in [7, 11) is 1.98. The molecule has 0 bridgehead atoms. The Morgan fingerprint density at radius 1 is 1.40 bits per heavy atom. The van der Waals surface area contributed by atoms with E-state index in [0.29, 0.717) is 11.6 Å². The summed E-state index contributed by atoms with van der Waals surface area (Å²) in [5, 5.41) is 4.41. The summed E-state index contributed by atoms with van der Waals surface area (Å²) in [6.07, 6.45) is 2.40. The van der Waals surface area contributed by atoms with Gasteiger partial charge in [-0.05, 0) is 24.6 Å². The molecular formula is C14H17ClN4O. The van der Waals surface area contributed by atoms with Crippen LogP contribution in [0.2, 0.25) is 5.02 Å². The fourth-order valence-corrected chi connectivity index (χ4v) is 2.17. The number of amides is 1. The zero-order valence-corrected chi connectivity index (χ0v) is 12.3. The molecule has 20 heavy (non-hydrogen) atoms.